The molecule has 16 heavy (non-hydrogen) atoms. The van der Waals surface area contributed by atoms with Crippen LogP contribution in [0.25, 0.3) is 0 Å². The van der Waals surface area contributed by atoms with Crippen molar-refractivity contribution in [2.24, 2.45) is 5.92 Å². The third-order valence-corrected chi connectivity index (χ3v) is 3.29. The fourth-order valence-electron chi connectivity index (χ4n) is 1.18. The molecule has 0 aromatic heterocycles. The van der Waals surface area contributed by atoms with Crippen LogP contribution in [0, 0.1) is 16.0 Å². The van der Waals surface area contributed by atoms with Gasteiger partial charge in [-0.15, -0.1) is 0 Å². The van der Waals surface area contributed by atoms with Crippen LogP contribution in [0.1, 0.15) is 20.3 Å². The highest BCUT2D eigenvalue weighted by Gasteiger charge is 2.18. The third kappa shape index (κ3) is 3.70. The summed E-state index contributed by atoms with van der Waals surface area (Å²) in [6.07, 6.45) is 0.780. The Balaban J connectivity index is 2.76. The maximum atomic E-state index is 10.8. The van der Waals surface area contributed by atoms with E-state index in [1.165, 1.54) is 11.8 Å². The highest BCUT2D eigenvalue weighted by Crippen LogP contribution is 2.24. The molecule has 0 bridgehead atoms. The Morgan fingerprint density at radius 1 is 1.50 bits per heavy atom. The van der Waals surface area contributed by atoms with Crippen molar-refractivity contribution in [3.63, 3.8) is 0 Å². The van der Waals surface area contributed by atoms with Gasteiger partial charge < -0.3 is 0 Å². The lowest BCUT2D eigenvalue weighted by molar-refractivity contribution is -0.433. The summed E-state index contributed by atoms with van der Waals surface area (Å²) >= 11 is 1.40. The first-order valence-electron chi connectivity index (χ1n) is 5.21. The van der Waals surface area contributed by atoms with Crippen LogP contribution in [-0.4, -0.2) is 4.92 Å². The first kappa shape index (κ1) is 12.8. The molecule has 1 atom stereocenters. The van der Waals surface area contributed by atoms with Gasteiger partial charge in [-0.3, -0.25) is 10.1 Å². The Morgan fingerprint density at radius 3 is 2.62 bits per heavy atom. The van der Waals surface area contributed by atoms with Gasteiger partial charge in [-0.2, -0.15) is 0 Å². The van der Waals surface area contributed by atoms with Gasteiger partial charge in [-0.1, -0.05) is 43.8 Å². The van der Waals surface area contributed by atoms with Crippen LogP contribution in [0.2, 0.25) is 0 Å². The molecule has 4 heteroatoms. The lowest BCUT2D eigenvalue weighted by Gasteiger charge is -2.04. The van der Waals surface area contributed by atoms with Crippen LogP contribution >= 0.6 is 11.8 Å². The van der Waals surface area contributed by atoms with Crippen LogP contribution in [0.3, 0.4) is 0 Å². The van der Waals surface area contributed by atoms with E-state index in [4.69, 9.17) is 0 Å². The average Bonchev–Trinajstić information content (AvgIpc) is 2.30. The monoisotopic (exact) mass is 237 g/mol. The van der Waals surface area contributed by atoms with Gasteiger partial charge >= 0.3 is 0 Å². The number of benzene rings is 1. The summed E-state index contributed by atoms with van der Waals surface area (Å²) in [5.41, 5.74) is 0.288. The van der Waals surface area contributed by atoms with Crippen molar-refractivity contribution in [3.8, 4) is 0 Å². The number of nitro groups is 1. The van der Waals surface area contributed by atoms with Crippen molar-refractivity contribution in [2.45, 2.75) is 25.2 Å². The zero-order valence-electron chi connectivity index (χ0n) is 9.42. The molecule has 1 aromatic rings. The molecule has 0 N–H and O–H groups in total. The lowest BCUT2D eigenvalue weighted by Crippen LogP contribution is -2.07. The summed E-state index contributed by atoms with van der Waals surface area (Å²) in [4.78, 5) is 11.6. The van der Waals surface area contributed by atoms with Crippen molar-refractivity contribution < 1.29 is 4.92 Å². The molecule has 0 amide bonds. The van der Waals surface area contributed by atoms with Gasteiger partial charge in [0.25, 0.3) is 5.70 Å². The third-order valence-electron chi connectivity index (χ3n) is 2.39. The van der Waals surface area contributed by atoms with Crippen LogP contribution in [0.5, 0.6) is 0 Å². The molecule has 0 aliphatic heterocycles. The molecular formula is C12H15NO2S. The fraction of sp³-hybridized carbons (Fsp3) is 0.333. The number of nitrogens with zero attached hydrogens (tertiary/aromatic N) is 1. The molecule has 86 valence electrons. The van der Waals surface area contributed by atoms with Gasteiger partial charge in [0.05, 0.1) is 4.92 Å². The number of allylic oxidation sites excluding steroid dienone is 1. The van der Waals surface area contributed by atoms with Gasteiger partial charge in [0.15, 0.2) is 0 Å². The molecule has 0 saturated carbocycles. The van der Waals surface area contributed by atoms with Gasteiger partial charge in [0, 0.05) is 16.2 Å². The zero-order valence-corrected chi connectivity index (χ0v) is 10.2. The summed E-state index contributed by atoms with van der Waals surface area (Å²) in [6.45, 7) is 3.83. The van der Waals surface area contributed by atoms with E-state index in [2.05, 4.69) is 0 Å². The quantitative estimate of drug-likeness (QED) is 0.442. The minimum absolute atomic E-state index is 0.00814. The molecule has 1 rings (SSSR count). The lowest BCUT2D eigenvalue weighted by atomic mass is 10.1. The summed E-state index contributed by atoms with van der Waals surface area (Å²) in [5.74, 6) is -0.00814. The van der Waals surface area contributed by atoms with E-state index < -0.39 is 0 Å². The summed E-state index contributed by atoms with van der Waals surface area (Å²) in [5, 5.41) is 12.5. The Hall–Kier alpha value is -1.29. The van der Waals surface area contributed by atoms with Crippen LogP contribution in [0.4, 0.5) is 0 Å². The second kappa shape index (κ2) is 6.33. The molecule has 0 radical (unpaired) electrons. The smallest absolute Gasteiger partial charge is 0.255 e. The molecule has 0 aliphatic carbocycles. The molecule has 0 fully saturated rings. The molecule has 0 spiro atoms. The zero-order chi connectivity index (χ0) is 12.0. The SMILES string of the molecule is CCC(C)C(=CSc1ccccc1)[N+](=O)[O-]. The van der Waals surface area contributed by atoms with E-state index in [1.807, 2.05) is 44.2 Å². The molecule has 0 aliphatic rings. The molecule has 1 unspecified atom stereocenters. The first-order chi connectivity index (χ1) is 7.65. The van der Waals surface area contributed by atoms with E-state index in [9.17, 15) is 10.1 Å². The summed E-state index contributed by atoms with van der Waals surface area (Å²) < 4.78 is 0. The average molecular weight is 237 g/mol. The minimum atomic E-state index is -0.288. The highest BCUT2D eigenvalue weighted by molar-refractivity contribution is 8.02. The van der Waals surface area contributed by atoms with Gasteiger partial charge in [0.2, 0.25) is 0 Å². The maximum Gasteiger partial charge on any atom is 0.255 e. The Morgan fingerprint density at radius 2 is 2.12 bits per heavy atom. The van der Waals surface area contributed by atoms with Gasteiger partial charge in [0.1, 0.15) is 0 Å². The number of thioether (sulfide) groups is 1. The van der Waals surface area contributed by atoms with E-state index in [0.29, 0.717) is 0 Å². The fourth-order valence-corrected chi connectivity index (χ4v) is 2.07. The standard InChI is InChI=1S/C12H15NO2S/c1-3-10(2)12(13(14)15)9-16-11-7-5-4-6-8-11/h4-10H,3H2,1-2H3. The number of rotatable bonds is 5. The van der Waals surface area contributed by atoms with Crippen LogP contribution in [0.15, 0.2) is 46.3 Å². The molecule has 0 saturated heterocycles. The largest absolute Gasteiger partial charge is 0.259 e. The van der Waals surface area contributed by atoms with Crippen LogP contribution < -0.4 is 0 Å². The van der Waals surface area contributed by atoms with Crippen molar-refractivity contribution in [2.75, 3.05) is 0 Å². The number of hydrogen-bond donors (Lipinski definition) is 0. The predicted octanol–water partition coefficient (Wildman–Crippen LogP) is 3.94. The first-order valence-corrected chi connectivity index (χ1v) is 6.09. The Kier molecular flexibility index (Phi) is 5.05. The second-order valence-corrected chi connectivity index (χ2v) is 4.48. The van der Waals surface area contributed by atoms with Crippen LogP contribution in [-0.2, 0) is 0 Å². The molecular weight excluding hydrogens is 222 g/mol. The van der Waals surface area contributed by atoms with E-state index in [0.717, 1.165) is 11.3 Å². The molecule has 1 aromatic carbocycles. The van der Waals surface area contributed by atoms with Crippen molar-refractivity contribution in [1.29, 1.82) is 0 Å². The van der Waals surface area contributed by atoms with Gasteiger partial charge in [-0.05, 0) is 18.6 Å². The highest BCUT2D eigenvalue weighted by atomic mass is 32.2. The van der Waals surface area contributed by atoms with E-state index in [1.54, 1.807) is 5.41 Å². The summed E-state index contributed by atoms with van der Waals surface area (Å²) in [6, 6.07) is 9.65. The van der Waals surface area contributed by atoms with Crippen molar-refractivity contribution in [3.05, 3.63) is 51.6 Å². The minimum Gasteiger partial charge on any atom is -0.259 e. The normalized spacial score (nSPS) is 13.5. The second-order valence-electron chi connectivity index (χ2n) is 3.54. The summed E-state index contributed by atoms with van der Waals surface area (Å²) in [7, 11) is 0. The maximum absolute atomic E-state index is 10.8. The topological polar surface area (TPSA) is 43.1 Å². The molecule has 0 heterocycles. The predicted molar refractivity (Wildman–Crippen MR) is 66.8 cm³/mol. The van der Waals surface area contributed by atoms with Gasteiger partial charge in [-0.25, -0.2) is 0 Å². The Bertz CT molecular complexity index is 376. The van der Waals surface area contributed by atoms with Crippen molar-refractivity contribution in [1.82, 2.24) is 0 Å². The Labute approximate surface area is 99.7 Å². The van der Waals surface area contributed by atoms with Crippen molar-refractivity contribution >= 4 is 11.8 Å². The van der Waals surface area contributed by atoms with E-state index >= 15 is 0 Å². The van der Waals surface area contributed by atoms with E-state index in [-0.39, 0.29) is 16.5 Å². The molecule has 3 nitrogen and oxygen atoms in total. The number of hydrogen-bond acceptors (Lipinski definition) is 3.